The number of rotatable bonds is 6. The van der Waals surface area contributed by atoms with Crippen molar-refractivity contribution in [1.82, 2.24) is 0 Å². The number of hydrogen-bond donors (Lipinski definition) is 0. The van der Waals surface area contributed by atoms with Crippen molar-refractivity contribution in [2.75, 3.05) is 14.2 Å². The molecule has 1 fully saturated rings. The third-order valence-corrected chi connectivity index (χ3v) is 6.29. The van der Waals surface area contributed by atoms with Crippen molar-refractivity contribution in [1.29, 1.82) is 0 Å². The van der Waals surface area contributed by atoms with E-state index in [9.17, 15) is 14.4 Å². The third-order valence-electron chi connectivity index (χ3n) is 5.76. The maximum absolute atomic E-state index is 13.6. The minimum absolute atomic E-state index is 0.265. The predicted molar refractivity (Wildman–Crippen MR) is 107 cm³/mol. The Bertz CT molecular complexity index is 890. The molecular formula is C22H21BrO5. The summed E-state index contributed by atoms with van der Waals surface area (Å²) < 4.78 is 10.9. The Labute approximate surface area is 172 Å². The van der Waals surface area contributed by atoms with E-state index >= 15 is 0 Å². The molecular weight excluding hydrogens is 424 g/mol. The van der Waals surface area contributed by atoms with Crippen LogP contribution >= 0.6 is 15.9 Å². The lowest BCUT2D eigenvalue weighted by Crippen LogP contribution is -2.37. The van der Waals surface area contributed by atoms with Gasteiger partial charge in [-0.25, -0.2) is 0 Å². The minimum Gasteiger partial charge on any atom is -0.468 e. The van der Waals surface area contributed by atoms with Crippen molar-refractivity contribution in [2.45, 2.75) is 19.3 Å². The summed E-state index contributed by atoms with van der Waals surface area (Å²) in [5.74, 6) is -2.44. The molecule has 6 heteroatoms. The average molecular weight is 445 g/mol. The first kappa shape index (κ1) is 20.3. The molecule has 0 heterocycles. The normalized spacial score (nSPS) is 22.2. The van der Waals surface area contributed by atoms with Crippen molar-refractivity contribution in [2.24, 2.45) is 10.8 Å². The van der Waals surface area contributed by atoms with Gasteiger partial charge in [0.15, 0.2) is 11.2 Å². The largest absolute Gasteiger partial charge is 0.468 e. The Morgan fingerprint density at radius 1 is 0.929 bits per heavy atom. The van der Waals surface area contributed by atoms with Gasteiger partial charge in [0.05, 0.1) is 19.6 Å². The molecule has 2 atom stereocenters. The van der Waals surface area contributed by atoms with Crippen LogP contribution in [0.5, 0.6) is 0 Å². The first-order valence-electron chi connectivity index (χ1n) is 8.93. The maximum Gasteiger partial charge on any atom is 0.324 e. The Hall–Kier alpha value is -2.47. The number of ketones is 1. The second kappa shape index (κ2) is 7.51. The molecule has 146 valence electrons. The summed E-state index contributed by atoms with van der Waals surface area (Å²) in [5, 5.41) is 0. The lowest BCUT2D eigenvalue weighted by atomic mass is 9.83. The first-order valence-corrected chi connectivity index (χ1v) is 9.73. The number of hydrogen-bond acceptors (Lipinski definition) is 5. The van der Waals surface area contributed by atoms with Gasteiger partial charge >= 0.3 is 11.9 Å². The minimum atomic E-state index is -1.72. The lowest BCUT2D eigenvalue weighted by Gasteiger charge is -2.20. The smallest absolute Gasteiger partial charge is 0.324 e. The summed E-state index contributed by atoms with van der Waals surface area (Å²) >= 11 is 3.39. The Balaban J connectivity index is 2.26. The molecule has 2 aromatic carbocycles. The molecule has 1 aliphatic carbocycles. The van der Waals surface area contributed by atoms with Crippen LogP contribution in [0.2, 0.25) is 0 Å². The average Bonchev–Trinajstić information content (AvgIpc) is 3.38. The maximum atomic E-state index is 13.6. The van der Waals surface area contributed by atoms with Crippen LogP contribution in [0.15, 0.2) is 59.1 Å². The van der Waals surface area contributed by atoms with Crippen molar-refractivity contribution in [3.63, 3.8) is 0 Å². The van der Waals surface area contributed by atoms with E-state index in [0.29, 0.717) is 11.1 Å². The Morgan fingerprint density at radius 2 is 1.46 bits per heavy atom. The van der Waals surface area contributed by atoms with Gasteiger partial charge in [0.2, 0.25) is 0 Å². The lowest BCUT2D eigenvalue weighted by molar-refractivity contribution is -0.163. The number of halogens is 1. The molecule has 5 nitrogen and oxygen atoms in total. The molecule has 0 saturated heterocycles. The number of benzene rings is 2. The van der Waals surface area contributed by atoms with Crippen LogP contribution in [0.3, 0.4) is 0 Å². The molecule has 0 unspecified atom stereocenters. The second-order valence-electron chi connectivity index (χ2n) is 6.80. The van der Waals surface area contributed by atoms with Crippen molar-refractivity contribution >= 4 is 33.7 Å². The van der Waals surface area contributed by atoms with Crippen LogP contribution in [-0.2, 0) is 19.1 Å². The molecule has 3 rings (SSSR count). The SMILES string of the molecule is CC[C@]1(C(=O)c2ccccc2)[C@@H](c2ccc(Br)cc2)C1(C(=O)OC)C(=O)OC. The number of esters is 2. The first-order chi connectivity index (χ1) is 13.4. The standard InChI is InChI=1S/C22H21BrO5/c1-4-21(18(24)15-8-6-5-7-9-15)17(14-10-12-16(23)13-11-14)22(21,19(25)27-2)20(26)28-3/h5-13,17H,4H2,1-3H3/t17-,21-/m1/s1. The van der Waals surface area contributed by atoms with Gasteiger partial charge in [-0.2, -0.15) is 0 Å². The Kier molecular flexibility index (Phi) is 5.44. The van der Waals surface area contributed by atoms with Gasteiger partial charge in [-0.1, -0.05) is 65.3 Å². The number of Topliss-reactive ketones (excluding diaryl/α,β-unsaturated/α-hetero) is 1. The van der Waals surface area contributed by atoms with Gasteiger partial charge in [-0.3, -0.25) is 14.4 Å². The molecule has 2 aromatic rings. The fourth-order valence-corrected chi connectivity index (χ4v) is 4.79. The van der Waals surface area contributed by atoms with Crippen LogP contribution in [0, 0.1) is 10.8 Å². The predicted octanol–water partition coefficient (Wildman–Crippen LogP) is 4.16. The second-order valence-corrected chi connectivity index (χ2v) is 7.71. The topological polar surface area (TPSA) is 69.7 Å². The van der Waals surface area contributed by atoms with E-state index in [0.717, 1.165) is 4.47 Å². The van der Waals surface area contributed by atoms with Gasteiger partial charge in [0, 0.05) is 16.0 Å². The molecule has 0 N–H and O–H groups in total. The molecule has 0 amide bonds. The fraction of sp³-hybridized carbons (Fsp3) is 0.318. The van der Waals surface area contributed by atoms with E-state index in [4.69, 9.17) is 9.47 Å². The highest BCUT2D eigenvalue weighted by atomic mass is 79.9. The zero-order chi connectivity index (χ0) is 20.5. The molecule has 0 aliphatic heterocycles. The monoisotopic (exact) mass is 444 g/mol. The fourth-order valence-electron chi connectivity index (χ4n) is 4.53. The number of carbonyl (C=O) groups excluding carboxylic acids is 3. The zero-order valence-corrected chi connectivity index (χ0v) is 17.5. The number of carbonyl (C=O) groups is 3. The van der Waals surface area contributed by atoms with E-state index in [2.05, 4.69) is 15.9 Å². The summed E-state index contributed by atoms with van der Waals surface area (Å²) in [7, 11) is 2.44. The third kappa shape index (κ3) is 2.62. The van der Waals surface area contributed by atoms with Crippen LogP contribution in [0.1, 0.15) is 35.2 Å². The quantitative estimate of drug-likeness (QED) is 0.380. The number of ether oxygens (including phenoxy) is 2. The molecule has 1 saturated carbocycles. The zero-order valence-electron chi connectivity index (χ0n) is 15.9. The summed E-state index contributed by atoms with van der Waals surface area (Å²) in [4.78, 5) is 39.6. The number of methoxy groups -OCH3 is 2. The summed E-state index contributed by atoms with van der Waals surface area (Å²) in [5.41, 5.74) is -1.83. The Morgan fingerprint density at radius 3 is 1.93 bits per heavy atom. The molecule has 28 heavy (non-hydrogen) atoms. The van der Waals surface area contributed by atoms with Gasteiger partial charge in [0.25, 0.3) is 0 Å². The van der Waals surface area contributed by atoms with Crippen molar-refractivity contribution in [3.05, 3.63) is 70.2 Å². The molecule has 0 aromatic heterocycles. The van der Waals surface area contributed by atoms with Crippen LogP contribution in [-0.4, -0.2) is 31.9 Å². The molecule has 0 bridgehead atoms. The van der Waals surface area contributed by atoms with Crippen molar-refractivity contribution < 1.29 is 23.9 Å². The molecule has 0 radical (unpaired) electrons. The van der Waals surface area contributed by atoms with Crippen LogP contribution in [0.4, 0.5) is 0 Å². The highest BCUT2D eigenvalue weighted by molar-refractivity contribution is 9.10. The van der Waals surface area contributed by atoms with Crippen LogP contribution in [0.25, 0.3) is 0 Å². The summed E-state index contributed by atoms with van der Waals surface area (Å²) in [6, 6.07) is 16.0. The van der Waals surface area contributed by atoms with Gasteiger partial charge in [0.1, 0.15) is 0 Å². The van der Waals surface area contributed by atoms with Gasteiger partial charge in [-0.05, 0) is 24.1 Å². The van der Waals surface area contributed by atoms with E-state index in [1.165, 1.54) is 14.2 Å². The van der Waals surface area contributed by atoms with E-state index in [1.807, 2.05) is 30.3 Å². The molecule has 0 spiro atoms. The van der Waals surface area contributed by atoms with E-state index in [1.54, 1.807) is 31.2 Å². The van der Waals surface area contributed by atoms with Gasteiger partial charge < -0.3 is 9.47 Å². The summed E-state index contributed by atoms with van der Waals surface area (Å²) in [6.45, 7) is 1.81. The van der Waals surface area contributed by atoms with E-state index in [-0.39, 0.29) is 12.2 Å². The van der Waals surface area contributed by atoms with Gasteiger partial charge in [-0.15, -0.1) is 0 Å². The van der Waals surface area contributed by atoms with E-state index < -0.39 is 28.7 Å². The summed E-state index contributed by atoms with van der Waals surface area (Å²) in [6.07, 6.45) is 0.283. The highest BCUT2D eigenvalue weighted by Crippen LogP contribution is 2.77. The van der Waals surface area contributed by atoms with Crippen LogP contribution < -0.4 is 0 Å². The highest BCUT2D eigenvalue weighted by Gasteiger charge is 2.88. The van der Waals surface area contributed by atoms with Crippen molar-refractivity contribution in [3.8, 4) is 0 Å². The molecule has 1 aliphatic rings.